The second-order valence-corrected chi connectivity index (χ2v) is 7.83. The van der Waals surface area contributed by atoms with E-state index in [0.717, 1.165) is 26.4 Å². The molecule has 1 amide bonds. The van der Waals surface area contributed by atoms with Crippen molar-refractivity contribution >= 4 is 33.2 Å². The highest BCUT2D eigenvalue weighted by atomic mass is 79.9. The van der Waals surface area contributed by atoms with Gasteiger partial charge in [0.25, 0.3) is 5.91 Å². The van der Waals surface area contributed by atoms with Crippen LogP contribution in [0.25, 0.3) is 11.3 Å². The van der Waals surface area contributed by atoms with E-state index in [0.29, 0.717) is 17.0 Å². The molecule has 0 aliphatic heterocycles. The van der Waals surface area contributed by atoms with E-state index in [1.54, 1.807) is 12.1 Å². The lowest BCUT2D eigenvalue weighted by atomic mass is 10.1. The topological polar surface area (TPSA) is 43.6 Å². The summed E-state index contributed by atoms with van der Waals surface area (Å²) in [4.78, 5) is 18.6. The van der Waals surface area contributed by atoms with Crippen molar-refractivity contribution in [3.8, 4) is 17.0 Å². The fraction of sp³-hybridized carbons (Fsp3) is 0.200. The first-order valence-electron chi connectivity index (χ1n) is 8.24. The number of hydrogen-bond acceptors (Lipinski definition) is 3. The maximum absolute atomic E-state index is 12.4. The van der Waals surface area contributed by atoms with Gasteiger partial charge in [0.05, 0.1) is 12.3 Å². The Kier molecular flexibility index (Phi) is 5.74. The lowest BCUT2D eigenvalue weighted by molar-refractivity contribution is 0.0998. The van der Waals surface area contributed by atoms with E-state index in [-0.39, 0.29) is 5.91 Å². The van der Waals surface area contributed by atoms with E-state index in [1.807, 2.05) is 61.9 Å². The molecule has 2 aromatic carbocycles. The summed E-state index contributed by atoms with van der Waals surface area (Å²) < 4.78 is 8.40. The number of amides is 1. The van der Waals surface area contributed by atoms with Gasteiger partial charge in [-0.05, 0) is 67.9 Å². The number of rotatable bonds is 4. The summed E-state index contributed by atoms with van der Waals surface area (Å²) in [7, 11) is 1.93. The van der Waals surface area contributed by atoms with Crippen molar-refractivity contribution in [2.24, 2.45) is 12.0 Å². The van der Waals surface area contributed by atoms with Gasteiger partial charge in [0, 0.05) is 22.0 Å². The van der Waals surface area contributed by atoms with Gasteiger partial charge >= 0.3 is 0 Å². The van der Waals surface area contributed by atoms with E-state index in [1.165, 1.54) is 11.3 Å². The molecule has 0 aliphatic carbocycles. The summed E-state index contributed by atoms with van der Waals surface area (Å²) in [5.41, 5.74) is 2.70. The third-order valence-corrected chi connectivity index (χ3v) is 5.50. The van der Waals surface area contributed by atoms with Crippen molar-refractivity contribution in [2.75, 3.05) is 6.61 Å². The molecule has 1 aromatic heterocycles. The number of aromatic nitrogens is 1. The number of aryl methyl sites for hydroxylation is 1. The summed E-state index contributed by atoms with van der Waals surface area (Å²) in [5.74, 6) is 0.606. The minimum Gasteiger partial charge on any atom is -0.494 e. The monoisotopic (exact) mass is 430 g/mol. The number of hydrogen-bond donors (Lipinski definition) is 0. The van der Waals surface area contributed by atoms with E-state index in [2.05, 4.69) is 20.9 Å². The first-order chi connectivity index (χ1) is 12.5. The smallest absolute Gasteiger partial charge is 0.279 e. The standard InChI is InChI=1S/C20H19BrN2O2S/c1-4-25-17-11-7-14(8-12-17)18-13(2)26-20(23(18)3)22-19(24)15-5-9-16(21)10-6-15/h5-12H,4H2,1-3H3. The van der Waals surface area contributed by atoms with E-state index >= 15 is 0 Å². The first kappa shape index (κ1) is 18.6. The van der Waals surface area contributed by atoms with Crippen molar-refractivity contribution in [2.45, 2.75) is 13.8 Å². The molecule has 3 aromatic rings. The average molecular weight is 431 g/mol. The number of ether oxygens (including phenoxy) is 1. The Hall–Kier alpha value is -2.18. The second-order valence-electron chi connectivity index (χ2n) is 5.73. The van der Waals surface area contributed by atoms with Gasteiger partial charge in [-0.25, -0.2) is 0 Å². The van der Waals surface area contributed by atoms with Crippen LogP contribution in [-0.4, -0.2) is 17.1 Å². The Morgan fingerprint density at radius 3 is 2.42 bits per heavy atom. The molecule has 3 rings (SSSR count). The van der Waals surface area contributed by atoms with Gasteiger partial charge in [-0.2, -0.15) is 4.99 Å². The Labute approximate surface area is 164 Å². The molecular formula is C20H19BrN2O2S. The minimum atomic E-state index is -0.243. The van der Waals surface area contributed by atoms with Gasteiger partial charge in [0.1, 0.15) is 5.75 Å². The van der Waals surface area contributed by atoms with Crippen LogP contribution in [0.15, 0.2) is 58.0 Å². The maximum atomic E-state index is 12.4. The summed E-state index contributed by atoms with van der Waals surface area (Å²) >= 11 is 4.89. The van der Waals surface area contributed by atoms with Crippen LogP contribution in [0.4, 0.5) is 0 Å². The number of thiazole rings is 1. The summed E-state index contributed by atoms with van der Waals surface area (Å²) in [5, 5.41) is 0. The van der Waals surface area contributed by atoms with Crippen molar-refractivity contribution in [3.63, 3.8) is 0 Å². The molecule has 0 atom stereocenters. The average Bonchev–Trinajstić information content (AvgIpc) is 2.90. The van der Waals surface area contributed by atoms with E-state index in [9.17, 15) is 4.79 Å². The Bertz CT molecular complexity index is 986. The minimum absolute atomic E-state index is 0.243. The zero-order valence-electron chi connectivity index (χ0n) is 14.8. The predicted molar refractivity (Wildman–Crippen MR) is 109 cm³/mol. The molecule has 0 N–H and O–H groups in total. The summed E-state index contributed by atoms with van der Waals surface area (Å²) in [6.07, 6.45) is 0. The van der Waals surface area contributed by atoms with Crippen LogP contribution in [0, 0.1) is 6.92 Å². The Morgan fingerprint density at radius 1 is 1.15 bits per heavy atom. The largest absolute Gasteiger partial charge is 0.494 e. The van der Waals surface area contributed by atoms with Gasteiger partial charge in [-0.15, -0.1) is 11.3 Å². The lowest BCUT2D eigenvalue weighted by Crippen LogP contribution is -2.14. The molecule has 26 heavy (non-hydrogen) atoms. The number of carbonyl (C=O) groups excluding carboxylic acids is 1. The quantitative estimate of drug-likeness (QED) is 0.586. The molecule has 0 fully saturated rings. The molecule has 0 saturated heterocycles. The fourth-order valence-corrected chi connectivity index (χ4v) is 3.95. The van der Waals surface area contributed by atoms with Gasteiger partial charge in [0.15, 0.2) is 4.80 Å². The highest BCUT2D eigenvalue weighted by Crippen LogP contribution is 2.26. The van der Waals surface area contributed by atoms with Crippen molar-refractivity contribution in [1.29, 1.82) is 0 Å². The third-order valence-electron chi connectivity index (χ3n) is 3.93. The van der Waals surface area contributed by atoms with E-state index in [4.69, 9.17) is 4.74 Å². The van der Waals surface area contributed by atoms with Gasteiger partial charge in [0.2, 0.25) is 0 Å². The second kappa shape index (κ2) is 8.01. The molecule has 0 radical (unpaired) electrons. The van der Waals surface area contributed by atoms with Crippen LogP contribution < -0.4 is 9.54 Å². The molecule has 0 aliphatic rings. The SMILES string of the molecule is CCOc1ccc(-c2c(C)sc(=NC(=O)c3ccc(Br)cc3)n2C)cc1. The first-order valence-corrected chi connectivity index (χ1v) is 9.85. The van der Waals surface area contributed by atoms with Crippen LogP contribution in [0.3, 0.4) is 0 Å². The number of carbonyl (C=O) groups is 1. The summed E-state index contributed by atoms with van der Waals surface area (Å²) in [6, 6.07) is 15.2. The lowest BCUT2D eigenvalue weighted by Gasteiger charge is -2.07. The number of nitrogens with zero attached hydrogens (tertiary/aromatic N) is 2. The van der Waals surface area contributed by atoms with Crippen molar-refractivity contribution in [3.05, 3.63) is 68.2 Å². The molecule has 134 valence electrons. The van der Waals surface area contributed by atoms with Crippen molar-refractivity contribution in [1.82, 2.24) is 4.57 Å². The van der Waals surface area contributed by atoms with Gasteiger partial charge < -0.3 is 9.30 Å². The molecule has 1 heterocycles. The molecule has 0 bridgehead atoms. The molecule has 0 unspecified atom stereocenters. The highest BCUT2D eigenvalue weighted by molar-refractivity contribution is 9.10. The van der Waals surface area contributed by atoms with Crippen molar-refractivity contribution < 1.29 is 9.53 Å². The van der Waals surface area contributed by atoms with Crippen LogP contribution in [0.2, 0.25) is 0 Å². The number of benzene rings is 2. The molecule has 6 heteroatoms. The normalized spacial score (nSPS) is 11.6. The van der Waals surface area contributed by atoms with Gasteiger partial charge in [-0.1, -0.05) is 15.9 Å². The molecular weight excluding hydrogens is 412 g/mol. The van der Waals surface area contributed by atoms with Crippen LogP contribution in [-0.2, 0) is 7.05 Å². The van der Waals surface area contributed by atoms with Crippen LogP contribution >= 0.6 is 27.3 Å². The predicted octanol–water partition coefficient (Wildman–Crippen LogP) is 4.96. The molecule has 4 nitrogen and oxygen atoms in total. The third kappa shape index (κ3) is 3.97. The number of halogens is 1. The molecule has 0 spiro atoms. The molecule has 0 saturated carbocycles. The van der Waals surface area contributed by atoms with E-state index < -0.39 is 0 Å². The Balaban J connectivity index is 1.97. The Morgan fingerprint density at radius 2 is 1.81 bits per heavy atom. The maximum Gasteiger partial charge on any atom is 0.279 e. The highest BCUT2D eigenvalue weighted by Gasteiger charge is 2.12. The van der Waals surface area contributed by atoms with Gasteiger partial charge in [-0.3, -0.25) is 4.79 Å². The fourth-order valence-electron chi connectivity index (χ4n) is 2.70. The zero-order chi connectivity index (χ0) is 18.7. The van der Waals surface area contributed by atoms with Crippen LogP contribution in [0.5, 0.6) is 5.75 Å². The zero-order valence-corrected chi connectivity index (χ0v) is 17.2. The summed E-state index contributed by atoms with van der Waals surface area (Å²) in [6.45, 7) is 4.65. The van der Waals surface area contributed by atoms with Crippen LogP contribution in [0.1, 0.15) is 22.2 Å².